The number of nitrogens with zero attached hydrogens (tertiary/aromatic N) is 2. The zero-order valence-electron chi connectivity index (χ0n) is 8.97. The van der Waals surface area contributed by atoms with Crippen LogP contribution < -0.4 is 5.32 Å². The molecule has 2 rings (SSSR count). The van der Waals surface area contributed by atoms with Gasteiger partial charge < -0.3 is 15.0 Å². The van der Waals surface area contributed by atoms with Gasteiger partial charge in [0.05, 0.1) is 12.4 Å². The van der Waals surface area contributed by atoms with Crippen LogP contribution in [-0.2, 0) is 6.54 Å². The van der Waals surface area contributed by atoms with Crippen LogP contribution in [-0.4, -0.2) is 33.3 Å². The molecule has 0 aliphatic heterocycles. The first-order valence-corrected chi connectivity index (χ1v) is 5.73. The molecule has 0 amide bonds. The molecule has 0 spiro atoms. The predicted octanol–water partition coefficient (Wildman–Crippen LogP) is 0.776. The van der Waals surface area contributed by atoms with Gasteiger partial charge in [-0.15, -0.1) is 0 Å². The van der Waals surface area contributed by atoms with Crippen LogP contribution in [0.2, 0.25) is 0 Å². The average Bonchev–Trinajstić information content (AvgIpc) is 2.74. The third-order valence-electron chi connectivity index (χ3n) is 3.07. The van der Waals surface area contributed by atoms with Gasteiger partial charge in [0.15, 0.2) is 0 Å². The summed E-state index contributed by atoms with van der Waals surface area (Å²) in [5.74, 6) is 0. The van der Waals surface area contributed by atoms with Crippen LogP contribution in [0, 0.1) is 0 Å². The summed E-state index contributed by atoms with van der Waals surface area (Å²) in [7, 11) is 0. The molecule has 1 aromatic heterocycles. The average molecular weight is 209 g/mol. The van der Waals surface area contributed by atoms with Crippen molar-refractivity contribution >= 4 is 0 Å². The molecule has 2 atom stereocenters. The van der Waals surface area contributed by atoms with E-state index in [-0.39, 0.29) is 6.10 Å². The molecule has 0 bridgehead atoms. The van der Waals surface area contributed by atoms with E-state index < -0.39 is 0 Å². The number of hydrogen-bond acceptors (Lipinski definition) is 3. The van der Waals surface area contributed by atoms with Crippen molar-refractivity contribution in [3.63, 3.8) is 0 Å². The summed E-state index contributed by atoms with van der Waals surface area (Å²) in [5, 5.41) is 13.2. The minimum Gasteiger partial charge on any atom is -0.392 e. The summed E-state index contributed by atoms with van der Waals surface area (Å²) in [5.41, 5.74) is 0. The van der Waals surface area contributed by atoms with Gasteiger partial charge in [0.2, 0.25) is 0 Å². The number of nitrogens with one attached hydrogen (secondary N) is 1. The highest BCUT2D eigenvalue weighted by molar-refractivity contribution is 4.81. The molecule has 1 aromatic rings. The normalized spacial score (nSPS) is 26.7. The lowest BCUT2D eigenvalue weighted by Crippen LogP contribution is -2.43. The molecular weight excluding hydrogens is 190 g/mol. The van der Waals surface area contributed by atoms with Crippen LogP contribution in [0.15, 0.2) is 18.7 Å². The Labute approximate surface area is 90.3 Å². The Morgan fingerprint density at radius 2 is 2.27 bits per heavy atom. The van der Waals surface area contributed by atoms with Crippen molar-refractivity contribution in [3.8, 4) is 0 Å². The summed E-state index contributed by atoms with van der Waals surface area (Å²) in [6.45, 7) is 1.82. The SMILES string of the molecule is O[C@H]1CCCC[C@@H]1NCCn1ccnc1. The maximum absolute atomic E-state index is 9.74. The molecule has 1 aliphatic rings. The first-order valence-electron chi connectivity index (χ1n) is 5.73. The lowest BCUT2D eigenvalue weighted by atomic mass is 9.93. The van der Waals surface area contributed by atoms with Crippen molar-refractivity contribution in [2.75, 3.05) is 6.54 Å². The van der Waals surface area contributed by atoms with Crippen LogP contribution in [0.25, 0.3) is 0 Å². The second-order valence-electron chi connectivity index (χ2n) is 4.21. The van der Waals surface area contributed by atoms with E-state index in [1.165, 1.54) is 12.8 Å². The van der Waals surface area contributed by atoms with E-state index in [2.05, 4.69) is 10.3 Å². The van der Waals surface area contributed by atoms with Gasteiger partial charge in [-0.25, -0.2) is 4.98 Å². The van der Waals surface area contributed by atoms with Crippen molar-refractivity contribution in [1.29, 1.82) is 0 Å². The molecule has 0 radical (unpaired) electrons. The standard InChI is InChI=1S/C11H19N3O/c15-11-4-2-1-3-10(11)13-6-8-14-7-5-12-9-14/h5,7,9-11,13,15H,1-4,6,8H2/t10-,11-/m0/s1. The molecule has 4 nitrogen and oxygen atoms in total. The van der Waals surface area contributed by atoms with Gasteiger partial charge in [-0.1, -0.05) is 12.8 Å². The number of aliphatic hydroxyl groups excluding tert-OH is 1. The molecule has 1 fully saturated rings. The summed E-state index contributed by atoms with van der Waals surface area (Å²) < 4.78 is 2.04. The molecule has 0 saturated heterocycles. The molecule has 2 N–H and O–H groups in total. The third kappa shape index (κ3) is 3.04. The Morgan fingerprint density at radius 1 is 1.40 bits per heavy atom. The Bertz CT molecular complexity index is 273. The van der Waals surface area contributed by atoms with E-state index in [1.54, 1.807) is 6.20 Å². The number of rotatable bonds is 4. The summed E-state index contributed by atoms with van der Waals surface area (Å²) >= 11 is 0. The van der Waals surface area contributed by atoms with Gasteiger partial charge in [-0.05, 0) is 12.8 Å². The minimum absolute atomic E-state index is 0.151. The zero-order valence-corrected chi connectivity index (χ0v) is 8.97. The van der Waals surface area contributed by atoms with Crippen molar-refractivity contribution < 1.29 is 5.11 Å². The first kappa shape index (κ1) is 10.6. The highest BCUT2D eigenvalue weighted by Gasteiger charge is 2.21. The Kier molecular flexibility index (Phi) is 3.75. The van der Waals surface area contributed by atoms with Crippen molar-refractivity contribution in [3.05, 3.63) is 18.7 Å². The lowest BCUT2D eigenvalue weighted by molar-refractivity contribution is 0.0907. The highest BCUT2D eigenvalue weighted by atomic mass is 16.3. The van der Waals surface area contributed by atoms with E-state index in [0.717, 1.165) is 25.9 Å². The molecule has 4 heteroatoms. The van der Waals surface area contributed by atoms with Gasteiger partial charge in [-0.3, -0.25) is 0 Å². The molecule has 1 heterocycles. The van der Waals surface area contributed by atoms with Crippen molar-refractivity contribution in [1.82, 2.24) is 14.9 Å². The fourth-order valence-corrected chi connectivity index (χ4v) is 2.15. The van der Waals surface area contributed by atoms with Crippen LogP contribution in [0.5, 0.6) is 0 Å². The molecule has 0 aromatic carbocycles. The van der Waals surface area contributed by atoms with E-state index in [1.807, 2.05) is 17.1 Å². The van der Waals surface area contributed by atoms with Crippen LogP contribution in [0.4, 0.5) is 0 Å². The molecular formula is C11H19N3O. The maximum atomic E-state index is 9.74. The van der Waals surface area contributed by atoms with Crippen LogP contribution in [0.3, 0.4) is 0 Å². The van der Waals surface area contributed by atoms with E-state index in [9.17, 15) is 5.11 Å². The van der Waals surface area contributed by atoms with E-state index in [0.29, 0.717) is 6.04 Å². The Balaban J connectivity index is 1.68. The van der Waals surface area contributed by atoms with Crippen LogP contribution >= 0.6 is 0 Å². The van der Waals surface area contributed by atoms with Gasteiger partial charge >= 0.3 is 0 Å². The summed E-state index contributed by atoms with van der Waals surface area (Å²) in [6.07, 6.45) is 9.86. The van der Waals surface area contributed by atoms with Gasteiger partial charge in [0, 0.05) is 31.5 Å². The summed E-state index contributed by atoms with van der Waals surface area (Å²) in [4.78, 5) is 3.99. The lowest BCUT2D eigenvalue weighted by Gasteiger charge is -2.28. The van der Waals surface area contributed by atoms with E-state index in [4.69, 9.17) is 0 Å². The maximum Gasteiger partial charge on any atom is 0.0946 e. The Hall–Kier alpha value is -0.870. The number of aromatic nitrogens is 2. The molecule has 15 heavy (non-hydrogen) atoms. The largest absolute Gasteiger partial charge is 0.392 e. The minimum atomic E-state index is -0.151. The predicted molar refractivity (Wildman–Crippen MR) is 58.5 cm³/mol. The number of hydrogen-bond donors (Lipinski definition) is 2. The fraction of sp³-hybridized carbons (Fsp3) is 0.727. The molecule has 0 unspecified atom stereocenters. The van der Waals surface area contributed by atoms with Crippen LogP contribution in [0.1, 0.15) is 25.7 Å². The van der Waals surface area contributed by atoms with Gasteiger partial charge in [0.25, 0.3) is 0 Å². The quantitative estimate of drug-likeness (QED) is 0.770. The second-order valence-corrected chi connectivity index (χ2v) is 4.21. The first-order chi connectivity index (χ1) is 7.36. The molecule has 1 aliphatic carbocycles. The Morgan fingerprint density at radius 3 is 3.00 bits per heavy atom. The zero-order chi connectivity index (χ0) is 10.5. The second kappa shape index (κ2) is 5.28. The number of aliphatic hydroxyl groups is 1. The summed E-state index contributed by atoms with van der Waals surface area (Å²) in [6, 6.07) is 0.294. The van der Waals surface area contributed by atoms with E-state index >= 15 is 0 Å². The monoisotopic (exact) mass is 209 g/mol. The smallest absolute Gasteiger partial charge is 0.0946 e. The van der Waals surface area contributed by atoms with Gasteiger partial charge in [0.1, 0.15) is 0 Å². The molecule has 84 valence electrons. The van der Waals surface area contributed by atoms with Crippen molar-refractivity contribution in [2.45, 2.75) is 44.4 Å². The number of imidazole rings is 1. The third-order valence-corrected chi connectivity index (χ3v) is 3.07. The topological polar surface area (TPSA) is 50.1 Å². The molecule has 1 saturated carbocycles. The van der Waals surface area contributed by atoms with Crippen molar-refractivity contribution in [2.24, 2.45) is 0 Å². The fourth-order valence-electron chi connectivity index (χ4n) is 2.15. The van der Waals surface area contributed by atoms with Gasteiger partial charge in [-0.2, -0.15) is 0 Å². The highest BCUT2D eigenvalue weighted by Crippen LogP contribution is 2.17.